The molecule has 0 aromatic carbocycles. The Kier molecular flexibility index (Phi) is 26.0. The van der Waals surface area contributed by atoms with Gasteiger partial charge in [-0.3, -0.25) is 4.79 Å². The van der Waals surface area contributed by atoms with Crippen LogP contribution in [0.5, 0.6) is 0 Å². The first-order valence-electron chi connectivity index (χ1n) is 19.1. The predicted molar refractivity (Wildman–Crippen MR) is 197 cm³/mol. The van der Waals surface area contributed by atoms with Crippen LogP contribution < -0.4 is 5.32 Å². The molecule has 9 atom stereocenters. The van der Waals surface area contributed by atoms with E-state index in [-0.39, 0.29) is 12.3 Å². The number of amides is 1. The zero-order chi connectivity index (χ0) is 35.7. The van der Waals surface area contributed by atoms with E-state index in [2.05, 4.69) is 17.9 Å². The van der Waals surface area contributed by atoms with Crippen LogP contribution in [0.1, 0.15) is 129 Å². The van der Waals surface area contributed by atoms with Gasteiger partial charge in [-0.05, 0) is 44.1 Å². The Morgan fingerprint density at radius 1 is 0.755 bits per heavy atom. The molecule has 2 saturated heterocycles. The molecule has 0 saturated carbocycles. The van der Waals surface area contributed by atoms with E-state index in [0.717, 1.165) is 55.8 Å². The summed E-state index contributed by atoms with van der Waals surface area (Å²) < 4.78 is 22.6. The SMILES string of the molecule is C[C@H]1OC(O[C@@H]2[C@@H](O)[C@H](CO)O[C@@H](OCCCCCCSCCNC(=O)CCCCCCCCCCCCCCCS)[C@@H]2O)[C@H](O)C[C@@H]1O. The lowest BCUT2D eigenvalue weighted by atomic mass is 9.98. The fourth-order valence-corrected chi connectivity index (χ4v) is 7.31. The Morgan fingerprint density at radius 2 is 1.35 bits per heavy atom. The summed E-state index contributed by atoms with van der Waals surface area (Å²) in [6.07, 6.45) is 11.3. The molecule has 290 valence electrons. The van der Waals surface area contributed by atoms with Crippen molar-refractivity contribution in [3.05, 3.63) is 0 Å². The predicted octanol–water partition coefficient (Wildman–Crippen LogP) is 4.48. The van der Waals surface area contributed by atoms with Crippen LogP contribution in [-0.2, 0) is 23.7 Å². The van der Waals surface area contributed by atoms with Gasteiger partial charge in [0.05, 0.1) is 18.8 Å². The van der Waals surface area contributed by atoms with Gasteiger partial charge in [0.25, 0.3) is 0 Å². The van der Waals surface area contributed by atoms with Crippen molar-refractivity contribution in [2.45, 2.75) is 184 Å². The standard InChI is InChI=1S/C36H69NO10S2/c1-27-28(39)25-29(40)35(45-27)47-34-32(42)30(26-38)46-36(33(34)43)44-21-16-12-14-18-23-49-24-20-37-31(41)19-15-11-9-7-5-3-2-4-6-8-10-13-17-22-48/h27-30,32-36,38-40,42-43,48H,2-26H2,1H3,(H,37,41)/t27-,28+,29-,30+,32+,33-,34-,35?,36-/m1/s1. The van der Waals surface area contributed by atoms with Gasteiger partial charge in [0, 0.05) is 31.7 Å². The highest BCUT2D eigenvalue weighted by Crippen LogP contribution is 2.29. The van der Waals surface area contributed by atoms with E-state index in [1.54, 1.807) is 6.92 Å². The maximum Gasteiger partial charge on any atom is 0.220 e. The number of unbranched alkanes of at least 4 members (excludes halogenated alkanes) is 15. The number of thioether (sulfide) groups is 1. The molecule has 0 radical (unpaired) electrons. The Morgan fingerprint density at radius 3 is 1.98 bits per heavy atom. The number of rotatable bonds is 29. The van der Waals surface area contributed by atoms with Gasteiger partial charge in [-0.15, -0.1) is 0 Å². The van der Waals surface area contributed by atoms with Gasteiger partial charge in [0.2, 0.25) is 5.91 Å². The van der Waals surface area contributed by atoms with Crippen LogP contribution in [0.2, 0.25) is 0 Å². The first kappa shape index (κ1) is 45.0. The molecule has 0 aromatic heterocycles. The van der Waals surface area contributed by atoms with Crippen LogP contribution in [0.4, 0.5) is 0 Å². The number of hydrogen-bond donors (Lipinski definition) is 7. The molecule has 2 rings (SSSR count). The smallest absolute Gasteiger partial charge is 0.220 e. The van der Waals surface area contributed by atoms with Gasteiger partial charge in [0.1, 0.15) is 30.5 Å². The molecule has 0 bridgehead atoms. The average Bonchev–Trinajstić information content (AvgIpc) is 3.08. The third-order valence-corrected chi connectivity index (χ3v) is 10.8. The Bertz CT molecular complexity index is 818. The molecular weight excluding hydrogens is 671 g/mol. The molecule has 2 aliphatic heterocycles. The lowest BCUT2D eigenvalue weighted by molar-refractivity contribution is -0.348. The number of hydrogen-bond acceptors (Lipinski definition) is 12. The maximum atomic E-state index is 12.1. The Balaban J connectivity index is 1.41. The van der Waals surface area contributed by atoms with Crippen molar-refractivity contribution >= 4 is 30.3 Å². The first-order valence-corrected chi connectivity index (χ1v) is 20.9. The third-order valence-electron chi connectivity index (χ3n) is 9.40. The maximum absolute atomic E-state index is 12.1. The van der Waals surface area contributed by atoms with Crippen LogP contribution in [0.3, 0.4) is 0 Å². The molecule has 1 unspecified atom stereocenters. The third kappa shape index (κ3) is 19.5. The van der Waals surface area contributed by atoms with Crippen molar-refractivity contribution in [1.82, 2.24) is 5.32 Å². The summed E-state index contributed by atoms with van der Waals surface area (Å²) in [5.41, 5.74) is 0. The fourth-order valence-electron chi connectivity index (χ4n) is 6.23. The van der Waals surface area contributed by atoms with E-state index in [1.165, 1.54) is 70.6 Å². The summed E-state index contributed by atoms with van der Waals surface area (Å²) >= 11 is 6.10. The minimum Gasteiger partial charge on any atom is -0.394 e. The summed E-state index contributed by atoms with van der Waals surface area (Å²) in [5.74, 6) is 3.11. The van der Waals surface area contributed by atoms with Crippen molar-refractivity contribution in [2.75, 3.05) is 37.0 Å². The molecule has 0 spiro atoms. The topological polar surface area (TPSA) is 167 Å². The molecule has 49 heavy (non-hydrogen) atoms. The number of thiol groups is 1. The summed E-state index contributed by atoms with van der Waals surface area (Å²) in [5, 5.41) is 54.3. The summed E-state index contributed by atoms with van der Waals surface area (Å²) in [7, 11) is 0. The van der Waals surface area contributed by atoms with E-state index in [0.29, 0.717) is 19.6 Å². The molecule has 2 aliphatic rings. The number of aliphatic hydroxyl groups excluding tert-OH is 5. The molecule has 1 amide bonds. The number of ether oxygens (including phenoxy) is 4. The lowest BCUT2D eigenvalue weighted by Crippen LogP contribution is -2.62. The van der Waals surface area contributed by atoms with Gasteiger partial charge in [-0.2, -0.15) is 24.4 Å². The Labute approximate surface area is 305 Å². The summed E-state index contributed by atoms with van der Waals surface area (Å²) in [4.78, 5) is 12.1. The molecular formula is C36H69NO10S2. The van der Waals surface area contributed by atoms with E-state index in [1.807, 2.05) is 11.8 Å². The van der Waals surface area contributed by atoms with Crippen molar-refractivity contribution in [3.8, 4) is 0 Å². The molecule has 6 N–H and O–H groups in total. The molecule has 2 heterocycles. The second-order valence-electron chi connectivity index (χ2n) is 13.7. The van der Waals surface area contributed by atoms with Gasteiger partial charge in [0.15, 0.2) is 12.6 Å². The number of aliphatic hydroxyl groups is 5. The van der Waals surface area contributed by atoms with Crippen molar-refractivity contribution in [3.63, 3.8) is 0 Å². The quantitative estimate of drug-likeness (QED) is 0.0427. The second kappa shape index (κ2) is 28.3. The van der Waals surface area contributed by atoms with Gasteiger partial charge in [-0.25, -0.2) is 0 Å². The van der Waals surface area contributed by atoms with Crippen molar-refractivity contribution < 1.29 is 49.3 Å². The summed E-state index contributed by atoms with van der Waals surface area (Å²) in [6.45, 7) is 2.17. The zero-order valence-corrected chi connectivity index (χ0v) is 31.7. The Hall–Kier alpha value is -0.190. The van der Waals surface area contributed by atoms with E-state index in [4.69, 9.17) is 18.9 Å². The highest BCUT2D eigenvalue weighted by Gasteiger charge is 2.48. The fraction of sp³-hybridized carbons (Fsp3) is 0.972. The monoisotopic (exact) mass is 739 g/mol. The number of nitrogens with one attached hydrogen (secondary N) is 1. The molecule has 0 aromatic rings. The molecule has 0 aliphatic carbocycles. The minimum atomic E-state index is -1.37. The summed E-state index contributed by atoms with van der Waals surface area (Å²) in [6, 6.07) is 0. The van der Waals surface area contributed by atoms with E-state index >= 15 is 0 Å². The lowest BCUT2D eigenvalue weighted by Gasteiger charge is -2.44. The van der Waals surface area contributed by atoms with Crippen LogP contribution in [0.15, 0.2) is 0 Å². The van der Waals surface area contributed by atoms with Gasteiger partial charge < -0.3 is 49.8 Å². The second-order valence-corrected chi connectivity index (χ2v) is 15.4. The first-order chi connectivity index (χ1) is 23.8. The van der Waals surface area contributed by atoms with Crippen molar-refractivity contribution in [1.29, 1.82) is 0 Å². The minimum absolute atomic E-state index is 0.0399. The van der Waals surface area contributed by atoms with Gasteiger partial charge >= 0.3 is 0 Å². The molecule has 2 fully saturated rings. The van der Waals surface area contributed by atoms with Crippen LogP contribution >= 0.6 is 24.4 Å². The zero-order valence-electron chi connectivity index (χ0n) is 30.0. The van der Waals surface area contributed by atoms with Crippen LogP contribution in [0, 0.1) is 0 Å². The number of carbonyl (C=O) groups is 1. The van der Waals surface area contributed by atoms with Crippen molar-refractivity contribution in [2.24, 2.45) is 0 Å². The molecule has 11 nitrogen and oxygen atoms in total. The van der Waals surface area contributed by atoms with Crippen LogP contribution in [-0.4, -0.2) is 124 Å². The largest absolute Gasteiger partial charge is 0.394 e. The molecule has 13 heteroatoms. The van der Waals surface area contributed by atoms with E-state index < -0.39 is 61.9 Å². The highest BCUT2D eigenvalue weighted by molar-refractivity contribution is 7.99. The van der Waals surface area contributed by atoms with Gasteiger partial charge in [-0.1, -0.05) is 83.5 Å². The number of carbonyl (C=O) groups excluding carboxylic acids is 1. The highest BCUT2D eigenvalue weighted by atomic mass is 32.2. The van der Waals surface area contributed by atoms with E-state index in [9.17, 15) is 30.3 Å². The van der Waals surface area contributed by atoms with Crippen LogP contribution in [0.25, 0.3) is 0 Å². The normalized spacial score (nSPS) is 28.9. The average molecular weight is 740 g/mol.